The maximum atomic E-state index is 9.86. The highest BCUT2D eigenvalue weighted by molar-refractivity contribution is 7.08. The van der Waals surface area contributed by atoms with Gasteiger partial charge in [0.25, 0.3) is 0 Å². The Morgan fingerprint density at radius 3 is 2.67 bits per heavy atom. The minimum absolute atomic E-state index is 0.0543. The van der Waals surface area contributed by atoms with E-state index >= 15 is 0 Å². The molecule has 2 aliphatic rings. The van der Waals surface area contributed by atoms with Crippen molar-refractivity contribution in [2.24, 2.45) is 17.3 Å². The van der Waals surface area contributed by atoms with Gasteiger partial charge >= 0.3 is 0 Å². The van der Waals surface area contributed by atoms with Gasteiger partial charge in [0.05, 0.1) is 43.6 Å². The van der Waals surface area contributed by atoms with E-state index in [0.29, 0.717) is 0 Å². The van der Waals surface area contributed by atoms with E-state index in [1.165, 1.54) is 16.2 Å². The maximum absolute atomic E-state index is 9.86. The molecule has 120 valence electrons. The van der Waals surface area contributed by atoms with Crippen LogP contribution in [-0.4, -0.2) is 25.3 Å². The molecule has 6 heteroatoms. The van der Waals surface area contributed by atoms with Gasteiger partial charge in [-0.25, -0.2) is 0 Å². The Morgan fingerprint density at radius 2 is 2.12 bits per heavy atom. The fourth-order valence-corrected chi connectivity index (χ4v) is 4.77. The van der Waals surface area contributed by atoms with Gasteiger partial charge in [0.1, 0.15) is 5.92 Å². The van der Waals surface area contributed by atoms with E-state index in [0.717, 1.165) is 30.8 Å². The smallest absolute Gasteiger partial charge is 0.190 e. The molecule has 0 aromatic carbocycles. The molecular formula is C18H18N5S+. The third-order valence-corrected chi connectivity index (χ3v) is 6.06. The highest BCUT2D eigenvalue weighted by Crippen LogP contribution is 2.52. The number of hydrogen-bond acceptors (Lipinski definition) is 5. The second-order valence-corrected chi connectivity index (χ2v) is 7.14. The first-order valence-electron chi connectivity index (χ1n) is 7.99. The van der Waals surface area contributed by atoms with Gasteiger partial charge in [-0.3, -0.25) is 0 Å². The lowest BCUT2D eigenvalue weighted by atomic mass is 9.54. The lowest BCUT2D eigenvalue weighted by Gasteiger charge is -2.46. The summed E-state index contributed by atoms with van der Waals surface area (Å²) in [5, 5.41) is 41.7. The molecule has 4 atom stereocenters. The first-order chi connectivity index (χ1) is 11.6. The molecule has 3 rings (SSSR count). The third kappa shape index (κ3) is 2.18. The first kappa shape index (κ1) is 16.4. The van der Waals surface area contributed by atoms with Crippen molar-refractivity contribution in [3.05, 3.63) is 34.0 Å². The zero-order valence-electron chi connectivity index (χ0n) is 13.4. The predicted octanol–water partition coefficient (Wildman–Crippen LogP) is 1.50. The Labute approximate surface area is 145 Å². The molecule has 5 nitrogen and oxygen atoms in total. The van der Waals surface area contributed by atoms with Crippen LogP contribution in [0.5, 0.6) is 0 Å². The van der Waals surface area contributed by atoms with Crippen LogP contribution in [0.15, 0.2) is 28.5 Å². The summed E-state index contributed by atoms with van der Waals surface area (Å²) in [7, 11) is 0. The van der Waals surface area contributed by atoms with E-state index in [4.69, 9.17) is 5.41 Å². The third-order valence-electron chi connectivity index (χ3n) is 5.36. The average Bonchev–Trinajstić information content (AvgIpc) is 3.14. The number of fused-ring (bicyclic) bond motifs is 1. The molecule has 1 saturated carbocycles. The second-order valence-electron chi connectivity index (χ2n) is 6.36. The monoisotopic (exact) mass is 336 g/mol. The molecule has 1 aliphatic heterocycles. The number of quaternary nitrogens is 1. The molecule has 1 fully saturated rings. The summed E-state index contributed by atoms with van der Waals surface area (Å²) in [5.41, 5.74) is 0.225. The van der Waals surface area contributed by atoms with Crippen LogP contribution in [0.1, 0.15) is 18.4 Å². The molecule has 2 unspecified atom stereocenters. The van der Waals surface area contributed by atoms with Crippen molar-refractivity contribution in [1.29, 1.82) is 21.2 Å². The van der Waals surface area contributed by atoms with E-state index in [1.54, 1.807) is 0 Å². The molecule has 24 heavy (non-hydrogen) atoms. The van der Waals surface area contributed by atoms with Crippen molar-refractivity contribution in [3.63, 3.8) is 0 Å². The van der Waals surface area contributed by atoms with Crippen LogP contribution in [0.4, 0.5) is 0 Å². The second kappa shape index (κ2) is 6.21. The molecule has 0 saturated heterocycles. The number of nitrogens with one attached hydrogen (secondary N) is 2. The highest BCUT2D eigenvalue weighted by atomic mass is 32.1. The number of rotatable bonds is 2. The van der Waals surface area contributed by atoms with Crippen LogP contribution < -0.4 is 4.90 Å². The SMILES string of the molecule is CC[NH+]1CC=C2C(C#N)C(=N)C(C#N)(C#N)[C@@H](c3ccsc3)[C@H]2C1. The highest BCUT2D eigenvalue weighted by Gasteiger charge is 2.58. The van der Waals surface area contributed by atoms with Gasteiger partial charge in [-0.1, -0.05) is 0 Å². The predicted molar refractivity (Wildman–Crippen MR) is 90.4 cm³/mol. The van der Waals surface area contributed by atoms with Crippen molar-refractivity contribution in [1.82, 2.24) is 0 Å². The molecule has 2 N–H and O–H groups in total. The summed E-state index contributed by atoms with van der Waals surface area (Å²) in [6.45, 7) is 4.69. The fraction of sp³-hybridized carbons (Fsp3) is 0.444. The van der Waals surface area contributed by atoms with Crippen LogP contribution in [0, 0.1) is 56.7 Å². The normalized spacial score (nSPS) is 31.1. The van der Waals surface area contributed by atoms with Gasteiger partial charge in [-0.15, -0.1) is 0 Å². The Hall–Kier alpha value is -2.46. The summed E-state index contributed by atoms with van der Waals surface area (Å²) >= 11 is 1.53. The van der Waals surface area contributed by atoms with Gasteiger partial charge < -0.3 is 10.3 Å². The summed E-state index contributed by atoms with van der Waals surface area (Å²) in [6.07, 6.45) is 2.06. The van der Waals surface area contributed by atoms with Crippen LogP contribution in [0.25, 0.3) is 0 Å². The minimum atomic E-state index is -1.57. The lowest BCUT2D eigenvalue weighted by Crippen LogP contribution is -3.13. The number of hydrogen-bond donors (Lipinski definition) is 2. The summed E-state index contributed by atoms with van der Waals surface area (Å²) in [6, 6.07) is 8.35. The summed E-state index contributed by atoms with van der Waals surface area (Å²) in [4.78, 5) is 1.37. The Kier molecular flexibility index (Phi) is 4.24. The quantitative estimate of drug-likeness (QED) is 0.800. The van der Waals surface area contributed by atoms with Gasteiger partial charge in [-0.2, -0.15) is 27.1 Å². The molecule has 1 aromatic heterocycles. The van der Waals surface area contributed by atoms with E-state index in [-0.39, 0.29) is 17.5 Å². The maximum Gasteiger partial charge on any atom is 0.190 e. The van der Waals surface area contributed by atoms with Gasteiger partial charge in [0.2, 0.25) is 0 Å². The van der Waals surface area contributed by atoms with Gasteiger partial charge in [0.15, 0.2) is 5.41 Å². The van der Waals surface area contributed by atoms with Crippen molar-refractivity contribution < 1.29 is 4.90 Å². The molecule has 1 aliphatic carbocycles. The van der Waals surface area contributed by atoms with E-state index in [1.807, 2.05) is 16.8 Å². The number of thiophene rings is 1. The molecule has 0 spiro atoms. The minimum Gasteiger partial charge on any atom is -0.331 e. The van der Waals surface area contributed by atoms with Crippen molar-refractivity contribution in [3.8, 4) is 18.2 Å². The molecule has 0 radical (unpaired) electrons. The molecular weight excluding hydrogens is 318 g/mol. The zero-order chi connectivity index (χ0) is 17.3. The van der Waals surface area contributed by atoms with Gasteiger partial charge in [-0.05, 0) is 41.0 Å². The van der Waals surface area contributed by atoms with Crippen LogP contribution in [0.3, 0.4) is 0 Å². The van der Waals surface area contributed by atoms with Crippen LogP contribution in [0.2, 0.25) is 0 Å². The van der Waals surface area contributed by atoms with Crippen molar-refractivity contribution in [2.45, 2.75) is 12.8 Å². The number of nitrogens with zero attached hydrogens (tertiary/aromatic N) is 3. The lowest BCUT2D eigenvalue weighted by molar-refractivity contribution is -0.897. The van der Waals surface area contributed by atoms with Crippen LogP contribution >= 0.6 is 11.3 Å². The molecule has 2 heterocycles. The fourth-order valence-electron chi connectivity index (χ4n) is 4.08. The topological polar surface area (TPSA) is 99.7 Å². The van der Waals surface area contributed by atoms with Crippen LogP contribution in [-0.2, 0) is 0 Å². The molecule has 1 aromatic rings. The Balaban J connectivity index is 2.23. The standard InChI is InChI=1S/C18H17N5S/c1-2-23-5-3-13-14(7-19)17(22)18(10-20,11-21)16(15(13)8-23)12-4-6-24-9-12/h3-4,6,9,14-16,22H,2,5,8H2,1H3/p+1/t14?,15-,16-/m0/s1. The van der Waals surface area contributed by atoms with Crippen molar-refractivity contribution in [2.75, 3.05) is 19.6 Å². The largest absolute Gasteiger partial charge is 0.331 e. The molecule has 0 bridgehead atoms. The Bertz CT molecular complexity index is 788. The number of nitriles is 3. The van der Waals surface area contributed by atoms with Gasteiger partial charge in [0, 0.05) is 11.8 Å². The van der Waals surface area contributed by atoms with E-state index in [2.05, 4.69) is 31.2 Å². The zero-order valence-corrected chi connectivity index (χ0v) is 14.2. The van der Waals surface area contributed by atoms with E-state index in [9.17, 15) is 15.8 Å². The number of likely N-dealkylation sites (N-methyl/N-ethyl adjacent to an activating group) is 1. The van der Waals surface area contributed by atoms with Crippen molar-refractivity contribution >= 4 is 17.0 Å². The molecule has 0 amide bonds. The summed E-state index contributed by atoms with van der Waals surface area (Å²) in [5.74, 6) is -1.20. The summed E-state index contributed by atoms with van der Waals surface area (Å²) < 4.78 is 0. The van der Waals surface area contributed by atoms with E-state index < -0.39 is 11.3 Å². The Morgan fingerprint density at radius 1 is 1.38 bits per heavy atom. The first-order valence-corrected chi connectivity index (χ1v) is 8.93. The average molecular weight is 336 g/mol.